The summed E-state index contributed by atoms with van der Waals surface area (Å²) in [4.78, 5) is 33.7. The number of rotatable bonds is 51. The van der Waals surface area contributed by atoms with Crippen LogP contribution >= 0.6 is 7.82 Å². The average Bonchev–Trinajstić information content (AvgIpc) is 3.28. The monoisotopic (exact) mass is 926 g/mol. The molecule has 0 fully saturated rings. The number of esters is 1. The van der Waals surface area contributed by atoms with Crippen LogP contribution in [-0.4, -0.2) is 60.5 Å². The SMILES string of the molecule is CCCCCCC/C=C\C/C=C\CCCCCCCCCCCCCC(=O)OC(COCCCCCCCCCC/C=C\CCCCCCCCC)COP(=O)(O)OCC(N)C(=O)O. The van der Waals surface area contributed by atoms with Crippen molar-refractivity contribution >= 4 is 19.8 Å². The van der Waals surface area contributed by atoms with Gasteiger partial charge >= 0.3 is 19.8 Å². The summed E-state index contributed by atoms with van der Waals surface area (Å²) >= 11 is 0. The van der Waals surface area contributed by atoms with Crippen molar-refractivity contribution < 1.29 is 42.7 Å². The fourth-order valence-electron chi connectivity index (χ4n) is 7.51. The molecule has 0 aromatic rings. The Kier molecular flexibility index (Phi) is 47.7. The number of carbonyl (C=O) groups excluding carboxylic acids is 1. The van der Waals surface area contributed by atoms with Crippen molar-refractivity contribution in [3.8, 4) is 0 Å². The number of unbranched alkanes of at least 4 members (excludes halogenated alkanes) is 31. The summed E-state index contributed by atoms with van der Waals surface area (Å²) in [5.74, 6) is -1.77. The van der Waals surface area contributed by atoms with Gasteiger partial charge in [0.15, 0.2) is 0 Å². The first-order valence-corrected chi connectivity index (χ1v) is 28.0. The molecule has 11 heteroatoms. The summed E-state index contributed by atoms with van der Waals surface area (Å²) in [6.07, 6.45) is 57.7. The Morgan fingerprint density at radius 3 is 1.28 bits per heavy atom. The van der Waals surface area contributed by atoms with Crippen LogP contribution < -0.4 is 5.73 Å². The summed E-state index contributed by atoms with van der Waals surface area (Å²) in [5.41, 5.74) is 5.38. The predicted molar refractivity (Wildman–Crippen MR) is 268 cm³/mol. The third kappa shape index (κ3) is 48.1. The van der Waals surface area contributed by atoms with Crippen LogP contribution in [0.2, 0.25) is 0 Å². The lowest BCUT2D eigenvalue weighted by Gasteiger charge is -2.20. The molecule has 64 heavy (non-hydrogen) atoms. The van der Waals surface area contributed by atoms with E-state index in [-0.39, 0.29) is 13.0 Å². The van der Waals surface area contributed by atoms with Crippen molar-refractivity contribution in [1.29, 1.82) is 0 Å². The van der Waals surface area contributed by atoms with E-state index in [4.69, 9.17) is 29.4 Å². The van der Waals surface area contributed by atoms with E-state index in [0.717, 1.165) is 44.9 Å². The third-order valence-corrected chi connectivity index (χ3v) is 12.6. The Labute approximate surface area is 393 Å². The molecule has 0 aliphatic carbocycles. The fraction of sp³-hybridized carbons (Fsp3) is 0.849. The highest BCUT2D eigenvalue weighted by Gasteiger charge is 2.27. The highest BCUT2D eigenvalue weighted by molar-refractivity contribution is 7.47. The van der Waals surface area contributed by atoms with Gasteiger partial charge in [-0.3, -0.25) is 18.6 Å². The molecule has 4 N–H and O–H groups in total. The molecule has 0 saturated heterocycles. The van der Waals surface area contributed by atoms with Crippen LogP contribution in [0.4, 0.5) is 0 Å². The van der Waals surface area contributed by atoms with Gasteiger partial charge in [-0.1, -0.05) is 211 Å². The molecule has 10 nitrogen and oxygen atoms in total. The van der Waals surface area contributed by atoms with E-state index in [1.165, 1.54) is 180 Å². The maximum absolute atomic E-state index is 12.7. The normalized spacial score (nSPS) is 13.9. The molecule has 0 aliphatic rings. The summed E-state index contributed by atoms with van der Waals surface area (Å²) < 4.78 is 33.5. The molecular formula is C53H100NO9P. The number of carbonyl (C=O) groups is 2. The Bertz CT molecular complexity index is 1160. The van der Waals surface area contributed by atoms with E-state index in [1.54, 1.807) is 0 Å². The van der Waals surface area contributed by atoms with Gasteiger partial charge in [0.2, 0.25) is 0 Å². The Hall–Kier alpha value is -1.81. The van der Waals surface area contributed by atoms with Crippen LogP contribution in [0.25, 0.3) is 0 Å². The summed E-state index contributed by atoms with van der Waals surface area (Å²) in [7, 11) is -4.62. The molecular weight excluding hydrogens is 826 g/mol. The molecule has 0 heterocycles. The molecule has 0 radical (unpaired) electrons. The molecule has 0 bridgehead atoms. The fourth-order valence-corrected chi connectivity index (χ4v) is 8.29. The first kappa shape index (κ1) is 62.2. The lowest BCUT2D eigenvalue weighted by atomic mass is 10.0. The topological polar surface area (TPSA) is 155 Å². The summed E-state index contributed by atoms with van der Waals surface area (Å²) in [6.45, 7) is 3.90. The van der Waals surface area contributed by atoms with Crippen molar-refractivity contribution in [2.45, 2.75) is 264 Å². The highest BCUT2D eigenvalue weighted by atomic mass is 31.2. The zero-order valence-electron chi connectivity index (χ0n) is 41.4. The minimum atomic E-state index is -4.62. The maximum Gasteiger partial charge on any atom is 0.472 e. The Morgan fingerprint density at radius 1 is 0.500 bits per heavy atom. The summed E-state index contributed by atoms with van der Waals surface area (Å²) in [6, 6.07) is -1.47. The van der Waals surface area contributed by atoms with Crippen molar-refractivity contribution in [3.63, 3.8) is 0 Å². The van der Waals surface area contributed by atoms with Gasteiger partial charge in [0.05, 0.1) is 19.8 Å². The second-order valence-electron chi connectivity index (χ2n) is 18.0. The van der Waals surface area contributed by atoms with Crippen LogP contribution in [0.5, 0.6) is 0 Å². The summed E-state index contributed by atoms with van der Waals surface area (Å²) in [5, 5.41) is 8.93. The minimum absolute atomic E-state index is 0.0160. The van der Waals surface area contributed by atoms with Gasteiger partial charge < -0.3 is 25.2 Å². The number of hydrogen-bond acceptors (Lipinski definition) is 8. The number of ether oxygens (including phenoxy) is 2. The number of nitrogens with two attached hydrogens (primary N) is 1. The first-order chi connectivity index (χ1) is 31.2. The van der Waals surface area contributed by atoms with E-state index in [2.05, 4.69) is 50.3 Å². The van der Waals surface area contributed by atoms with Gasteiger partial charge in [0, 0.05) is 13.0 Å². The molecule has 376 valence electrons. The number of phosphoric ester groups is 1. The van der Waals surface area contributed by atoms with Gasteiger partial charge in [0.1, 0.15) is 12.1 Å². The maximum atomic E-state index is 12.7. The molecule has 3 unspecified atom stereocenters. The smallest absolute Gasteiger partial charge is 0.472 e. The Balaban J connectivity index is 4.11. The second-order valence-corrected chi connectivity index (χ2v) is 19.5. The third-order valence-electron chi connectivity index (χ3n) is 11.6. The number of carboxylic acids is 1. The number of phosphoric acid groups is 1. The van der Waals surface area contributed by atoms with E-state index >= 15 is 0 Å². The van der Waals surface area contributed by atoms with Gasteiger partial charge in [-0.25, -0.2) is 4.57 Å². The van der Waals surface area contributed by atoms with Crippen LogP contribution in [0.1, 0.15) is 251 Å². The molecule has 0 saturated carbocycles. The van der Waals surface area contributed by atoms with Crippen molar-refractivity contribution in [2.24, 2.45) is 5.73 Å². The minimum Gasteiger partial charge on any atom is -0.480 e. The largest absolute Gasteiger partial charge is 0.480 e. The first-order valence-electron chi connectivity index (χ1n) is 26.5. The van der Waals surface area contributed by atoms with E-state index < -0.39 is 45.1 Å². The molecule has 3 atom stereocenters. The van der Waals surface area contributed by atoms with Crippen molar-refractivity contribution in [1.82, 2.24) is 0 Å². The molecule has 0 aromatic carbocycles. The molecule has 0 rings (SSSR count). The zero-order chi connectivity index (χ0) is 46.9. The molecule has 0 spiro atoms. The van der Waals surface area contributed by atoms with Crippen molar-refractivity contribution in [2.75, 3.05) is 26.4 Å². The molecule has 0 aromatic heterocycles. The van der Waals surface area contributed by atoms with E-state index in [0.29, 0.717) is 13.0 Å². The molecule has 0 amide bonds. The number of allylic oxidation sites excluding steroid dienone is 6. The predicted octanol–water partition coefficient (Wildman–Crippen LogP) is 15.6. The number of hydrogen-bond donors (Lipinski definition) is 3. The standard InChI is InChI=1S/C53H100NO9P/c1-3-5-7-9-11-13-15-17-19-21-23-24-25-26-27-29-31-33-35-37-39-41-43-45-52(55)63-50(48-61-64(58,59)62-49-51(54)53(56)57)47-60-46-44-42-40-38-36-34-32-30-28-22-20-18-16-14-12-10-8-6-4-2/h15,17,20-23,50-51H,3-14,16,18-19,24-49,54H2,1-2H3,(H,56,57)(H,58,59)/b17-15-,22-20-,23-21-. The lowest BCUT2D eigenvalue weighted by Crippen LogP contribution is -2.34. The lowest BCUT2D eigenvalue weighted by molar-refractivity contribution is -0.154. The van der Waals surface area contributed by atoms with Gasteiger partial charge in [0.25, 0.3) is 0 Å². The van der Waals surface area contributed by atoms with E-state index in [1.807, 2.05) is 0 Å². The Morgan fingerprint density at radius 2 is 0.859 bits per heavy atom. The van der Waals surface area contributed by atoms with Gasteiger partial charge in [-0.2, -0.15) is 0 Å². The number of carboxylic acid groups (broad SMARTS) is 1. The van der Waals surface area contributed by atoms with Crippen LogP contribution in [0, 0.1) is 0 Å². The van der Waals surface area contributed by atoms with Crippen LogP contribution in [-0.2, 0) is 32.7 Å². The van der Waals surface area contributed by atoms with Crippen molar-refractivity contribution in [3.05, 3.63) is 36.5 Å². The van der Waals surface area contributed by atoms with Gasteiger partial charge in [-0.05, 0) is 70.6 Å². The quantitative estimate of drug-likeness (QED) is 0.0232. The number of aliphatic carboxylic acids is 1. The second kappa shape index (κ2) is 49.1. The molecule has 0 aliphatic heterocycles. The van der Waals surface area contributed by atoms with Crippen LogP contribution in [0.15, 0.2) is 36.5 Å². The average molecular weight is 926 g/mol. The van der Waals surface area contributed by atoms with E-state index in [9.17, 15) is 19.0 Å². The van der Waals surface area contributed by atoms with Crippen LogP contribution in [0.3, 0.4) is 0 Å². The van der Waals surface area contributed by atoms with Gasteiger partial charge in [-0.15, -0.1) is 0 Å². The zero-order valence-corrected chi connectivity index (χ0v) is 42.3. The highest BCUT2D eigenvalue weighted by Crippen LogP contribution is 2.43.